The number of aliphatic hydroxyl groups is 1. The molecule has 0 saturated carbocycles. The van der Waals surface area contributed by atoms with Gasteiger partial charge >= 0.3 is 5.97 Å². The lowest BCUT2D eigenvalue weighted by Gasteiger charge is -2.14. The molecule has 27 heavy (non-hydrogen) atoms. The fraction of sp³-hybridized carbons (Fsp3) is 0.765. The highest BCUT2D eigenvalue weighted by Gasteiger charge is 2.21. The first-order chi connectivity index (χ1) is 12.8. The molecule has 2 atom stereocenters. The molecule has 1 heterocycles. The fourth-order valence-corrected chi connectivity index (χ4v) is 2.74. The lowest BCUT2D eigenvalue weighted by atomic mass is 10.0. The van der Waals surface area contributed by atoms with Crippen LogP contribution in [0.5, 0.6) is 5.88 Å². The quantitative estimate of drug-likeness (QED) is 0.325. The smallest absolute Gasteiger partial charge is 0.306 e. The van der Waals surface area contributed by atoms with Gasteiger partial charge in [0.1, 0.15) is 18.4 Å². The summed E-state index contributed by atoms with van der Waals surface area (Å²) in [5.74, 6) is -0.187. The van der Waals surface area contributed by atoms with Gasteiger partial charge in [-0.3, -0.25) is 9.59 Å². The zero-order valence-electron chi connectivity index (χ0n) is 16.4. The van der Waals surface area contributed by atoms with Crippen molar-refractivity contribution in [3.63, 3.8) is 0 Å². The number of hydrogen-bond donors (Lipinski definition) is 3. The van der Waals surface area contributed by atoms with Crippen molar-refractivity contribution in [2.45, 2.75) is 46.1 Å². The molecule has 2 unspecified atom stereocenters. The predicted octanol–water partition coefficient (Wildman–Crippen LogP) is 0.696. The van der Waals surface area contributed by atoms with Gasteiger partial charge in [0.25, 0.3) is 0 Å². The number of aromatic nitrogens is 2. The van der Waals surface area contributed by atoms with Crippen molar-refractivity contribution >= 4 is 23.6 Å². The zero-order valence-corrected chi connectivity index (χ0v) is 17.2. The van der Waals surface area contributed by atoms with E-state index in [1.54, 1.807) is 6.92 Å². The third kappa shape index (κ3) is 9.12. The lowest BCUT2D eigenvalue weighted by Crippen LogP contribution is -2.38. The third-order valence-corrected chi connectivity index (χ3v) is 4.17. The number of carbonyl (C=O) groups excluding carboxylic acids is 2. The maximum absolute atomic E-state index is 11.6. The first-order valence-electron chi connectivity index (χ1n) is 9.12. The Morgan fingerprint density at radius 2 is 1.96 bits per heavy atom. The van der Waals surface area contributed by atoms with Crippen molar-refractivity contribution in [3.05, 3.63) is 5.69 Å². The summed E-state index contributed by atoms with van der Waals surface area (Å²) in [7, 11) is 0. The number of ether oxygens (including phenoxy) is 2. The van der Waals surface area contributed by atoms with E-state index in [0.29, 0.717) is 37.8 Å². The molecule has 0 fully saturated rings. The maximum Gasteiger partial charge on any atom is 0.306 e. The van der Waals surface area contributed by atoms with Gasteiger partial charge in [0, 0.05) is 31.5 Å². The normalized spacial score (nSPS) is 13.3. The number of nitrogens with one attached hydrogen (secondary N) is 2. The Morgan fingerprint density at radius 3 is 2.63 bits per heavy atom. The second-order valence-electron chi connectivity index (χ2n) is 6.48. The van der Waals surface area contributed by atoms with Gasteiger partial charge in [-0.1, -0.05) is 20.8 Å². The number of carbonyl (C=O) groups is 2. The summed E-state index contributed by atoms with van der Waals surface area (Å²) < 4.78 is 18.8. The molecule has 1 aromatic heterocycles. The molecule has 1 aromatic rings. The molecular formula is C17H30N4O5S. The standard InChI is InChI=1S/C17H30N4O5S/c1-5-25-14(23)8-12(4)15-17(21-27-20-15)26-10-13(22)9-18-6-7-19-16(24)11(2)3/h11-13,18,22H,5-10H2,1-4H3,(H,19,24). The molecule has 1 rings (SSSR count). The van der Waals surface area contributed by atoms with Crippen molar-refractivity contribution in [1.29, 1.82) is 0 Å². The third-order valence-electron chi connectivity index (χ3n) is 3.64. The Labute approximate surface area is 164 Å². The van der Waals surface area contributed by atoms with Crippen molar-refractivity contribution in [3.8, 4) is 5.88 Å². The number of esters is 1. The average molecular weight is 403 g/mol. The summed E-state index contributed by atoms with van der Waals surface area (Å²) in [6, 6.07) is 0. The van der Waals surface area contributed by atoms with Crippen LogP contribution in [0.25, 0.3) is 0 Å². The van der Waals surface area contributed by atoms with E-state index in [0.717, 1.165) is 11.7 Å². The highest BCUT2D eigenvalue weighted by molar-refractivity contribution is 6.99. The van der Waals surface area contributed by atoms with Crippen LogP contribution in [0.1, 0.15) is 45.7 Å². The Balaban J connectivity index is 2.30. The summed E-state index contributed by atoms with van der Waals surface area (Å²) in [6.07, 6.45) is -0.539. The second kappa shape index (κ2) is 12.6. The highest BCUT2D eigenvalue weighted by atomic mass is 32.1. The van der Waals surface area contributed by atoms with Crippen molar-refractivity contribution < 1.29 is 24.2 Å². The molecule has 0 aliphatic heterocycles. The van der Waals surface area contributed by atoms with E-state index in [1.807, 2.05) is 20.8 Å². The monoisotopic (exact) mass is 402 g/mol. The van der Waals surface area contributed by atoms with E-state index in [2.05, 4.69) is 19.4 Å². The Kier molecular flexibility index (Phi) is 10.8. The molecule has 3 N–H and O–H groups in total. The van der Waals surface area contributed by atoms with Crippen LogP contribution in [-0.2, 0) is 14.3 Å². The lowest BCUT2D eigenvalue weighted by molar-refractivity contribution is -0.143. The van der Waals surface area contributed by atoms with Gasteiger partial charge in [0.15, 0.2) is 0 Å². The minimum Gasteiger partial charge on any atom is -0.473 e. The highest BCUT2D eigenvalue weighted by Crippen LogP contribution is 2.27. The number of hydrogen-bond acceptors (Lipinski definition) is 9. The van der Waals surface area contributed by atoms with Gasteiger partial charge in [-0.05, 0) is 6.92 Å². The first kappa shape index (κ1) is 23.3. The van der Waals surface area contributed by atoms with Crippen LogP contribution in [0.4, 0.5) is 0 Å². The van der Waals surface area contributed by atoms with Crippen molar-refractivity contribution in [1.82, 2.24) is 19.4 Å². The van der Waals surface area contributed by atoms with E-state index in [4.69, 9.17) is 9.47 Å². The fourth-order valence-electron chi connectivity index (χ4n) is 2.14. The largest absolute Gasteiger partial charge is 0.473 e. The van der Waals surface area contributed by atoms with Crippen LogP contribution >= 0.6 is 11.7 Å². The van der Waals surface area contributed by atoms with Crippen LogP contribution in [0.3, 0.4) is 0 Å². The topological polar surface area (TPSA) is 123 Å². The predicted molar refractivity (Wildman–Crippen MR) is 102 cm³/mol. The zero-order chi connectivity index (χ0) is 20.2. The van der Waals surface area contributed by atoms with E-state index in [1.165, 1.54) is 0 Å². The van der Waals surface area contributed by atoms with Crippen LogP contribution < -0.4 is 15.4 Å². The molecule has 0 spiro atoms. The maximum atomic E-state index is 11.6. The Hall–Kier alpha value is -1.78. The van der Waals surface area contributed by atoms with Crippen molar-refractivity contribution in [2.24, 2.45) is 5.92 Å². The molecule has 0 saturated heterocycles. The second-order valence-corrected chi connectivity index (χ2v) is 7.01. The number of nitrogens with zero attached hydrogens (tertiary/aromatic N) is 2. The number of amides is 1. The number of aliphatic hydroxyl groups excluding tert-OH is 1. The molecular weight excluding hydrogens is 372 g/mol. The van der Waals surface area contributed by atoms with Crippen LogP contribution in [-0.4, -0.2) is 64.7 Å². The van der Waals surface area contributed by atoms with Crippen molar-refractivity contribution in [2.75, 3.05) is 32.8 Å². The Morgan fingerprint density at radius 1 is 1.22 bits per heavy atom. The molecule has 0 aliphatic rings. The molecule has 0 radical (unpaired) electrons. The SMILES string of the molecule is CCOC(=O)CC(C)c1nsnc1OCC(O)CNCCNC(=O)C(C)C. The van der Waals surface area contributed by atoms with E-state index >= 15 is 0 Å². The summed E-state index contributed by atoms with van der Waals surface area (Å²) in [5.41, 5.74) is 0.588. The number of rotatable bonds is 13. The summed E-state index contributed by atoms with van der Waals surface area (Å²) in [5, 5.41) is 15.8. The van der Waals surface area contributed by atoms with Gasteiger partial charge in [0.2, 0.25) is 11.8 Å². The van der Waals surface area contributed by atoms with Gasteiger partial charge in [-0.15, -0.1) is 4.37 Å². The first-order valence-corrected chi connectivity index (χ1v) is 9.85. The summed E-state index contributed by atoms with van der Waals surface area (Å²) in [6.45, 7) is 9.03. The molecule has 0 aliphatic carbocycles. The summed E-state index contributed by atoms with van der Waals surface area (Å²) >= 11 is 1.00. The minimum atomic E-state index is -0.735. The van der Waals surface area contributed by atoms with Crippen LogP contribution in [0.15, 0.2) is 0 Å². The van der Waals surface area contributed by atoms with E-state index < -0.39 is 6.10 Å². The van der Waals surface area contributed by atoms with Gasteiger partial charge in [-0.25, -0.2) is 0 Å². The van der Waals surface area contributed by atoms with E-state index in [9.17, 15) is 14.7 Å². The molecule has 1 amide bonds. The van der Waals surface area contributed by atoms with E-state index in [-0.39, 0.29) is 36.7 Å². The molecule has 10 heteroatoms. The van der Waals surface area contributed by atoms with Gasteiger partial charge < -0.3 is 25.2 Å². The minimum absolute atomic E-state index is 0.00109. The molecule has 0 aromatic carbocycles. The van der Waals surface area contributed by atoms with Crippen LogP contribution in [0.2, 0.25) is 0 Å². The van der Waals surface area contributed by atoms with Crippen LogP contribution in [0, 0.1) is 5.92 Å². The average Bonchev–Trinajstić information content (AvgIpc) is 3.08. The van der Waals surface area contributed by atoms with Gasteiger partial charge in [-0.2, -0.15) is 4.37 Å². The Bertz CT molecular complexity index is 581. The van der Waals surface area contributed by atoms with Gasteiger partial charge in [0.05, 0.1) is 24.8 Å². The molecule has 154 valence electrons. The molecule has 0 bridgehead atoms. The molecule has 9 nitrogen and oxygen atoms in total. The summed E-state index contributed by atoms with van der Waals surface area (Å²) in [4.78, 5) is 23.0.